The second-order valence-electron chi connectivity index (χ2n) is 7.45. The number of ether oxygens (including phenoxy) is 1. The number of rotatable bonds is 6. The van der Waals surface area contributed by atoms with Crippen molar-refractivity contribution in [2.45, 2.75) is 62.0 Å². The van der Waals surface area contributed by atoms with Crippen LogP contribution in [0.15, 0.2) is 24.3 Å². The van der Waals surface area contributed by atoms with Gasteiger partial charge >= 0.3 is 0 Å². The highest BCUT2D eigenvalue weighted by Gasteiger charge is 2.26. The molecule has 1 saturated carbocycles. The summed E-state index contributed by atoms with van der Waals surface area (Å²) in [5, 5.41) is 3.25. The van der Waals surface area contributed by atoms with Crippen LogP contribution in [0.25, 0.3) is 0 Å². The fraction of sp³-hybridized carbons (Fsp3) is 0.650. The molecule has 1 aromatic carbocycles. The van der Waals surface area contributed by atoms with Crippen molar-refractivity contribution in [1.29, 1.82) is 0 Å². The van der Waals surface area contributed by atoms with E-state index in [0.29, 0.717) is 24.2 Å². The molecule has 0 aromatic heterocycles. The van der Waals surface area contributed by atoms with Gasteiger partial charge in [-0.15, -0.1) is 12.4 Å². The first-order valence-corrected chi connectivity index (χ1v) is 11.1. The summed E-state index contributed by atoms with van der Waals surface area (Å²) in [7, 11) is -0.842. The lowest BCUT2D eigenvalue weighted by Gasteiger charge is -2.26. The summed E-state index contributed by atoms with van der Waals surface area (Å²) < 4.78 is 17.9. The molecule has 1 aliphatic carbocycles. The molecular formula is C20H31ClN2O3S. The van der Waals surface area contributed by atoms with E-state index < -0.39 is 16.8 Å². The average Bonchev–Trinajstić information content (AvgIpc) is 2.69. The van der Waals surface area contributed by atoms with Crippen LogP contribution in [0.1, 0.15) is 50.5 Å². The molecule has 1 aromatic rings. The van der Waals surface area contributed by atoms with Gasteiger partial charge in [-0.3, -0.25) is 9.00 Å². The van der Waals surface area contributed by atoms with Gasteiger partial charge in [-0.05, 0) is 49.3 Å². The van der Waals surface area contributed by atoms with E-state index in [-0.39, 0.29) is 24.2 Å². The van der Waals surface area contributed by atoms with Gasteiger partial charge in [0, 0.05) is 40.7 Å². The first-order chi connectivity index (χ1) is 12.6. The van der Waals surface area contributed by atoms with Crippen LogP contribution < -0.4 is 11.1 Å². The lowest BCUT2D eigenvalue weighted by atomic mass is 9.92. The molecule has 2 unspecified atom stereocenters. The Balaban J connectivity index is 0.00000261. The quantitative estimate of drug-likeness (QED) is 0.747. The van der Waals surface area contributed by atoms with E-state index in [0.717, 1.165) is 36.9 Å². The van der Waals surface area contributed by atoms with Crippen LogP contribution in [-0.2, 0) is 26.1 Å². The Morgan fingerprint density at radius 3 is 2.59 bits per heavy atom. The highest BCUT2D eigenvalue weighted by atomic mass is 35.5. The summed E-state index contributed by atoms with van der Waals surface area (Å²) in [6.45, 7) is 1.35. The third-order valence-corrected chi connectivity index (χ3v) is 7.34. The van der Waals surface area contributed by atoms with Gasteiger partial charge in [-0.25, -0.2) is 0 Å². The summed E-state index contributed by atoms with van der Waals surface area (Å²) in [5.74, 6) is 0.577. The van der Waals surface area contributed by atoms with Gasteiger partial charge in [0.15, 0.2) is 0 Å². The first kappa shape index (κ1) is 22.3. The maximum absolute atomic E-state index is 12.6. The van der Waals surface area contributed by atoms with Gasteiger partial charge in [-0.1, -0.05) is 31.4 Å². The lowest BCUT2D eigenvalue weighted by Crippen LogP contribution is -2.44. The summed E-state index contributed by atoms with van der Waals surface area (Å²) >= 11 is 0. The molecule has 27 heavy (non-hydrogen) atoms. The molecule has 152 valence electrons. The van der Waals surface area contributed by atoms with E-state index in [9.17, 15) is 9.00 Å². The van der Waals surface area contributed by atoms with E-state index >= 15 is 0 Å². The number of nitrogens with two attached hydrogens (primary N) is 1. The van der Waals surface area contributed by atoms with Crippen LogP contribution in [-0.4, -0.2) is 34.6 Å². The zero-order valence-electron chi connectivity index (χ0n) is 15.7. The molecule has 0 radical (unpaired) electrons. The molecule has 0 spiro atoms. The number of carbonyl (C=O) groups excluding carboxylic acids is 1. The van der Waals surface area contributed by atoms with Crippen molar-refractivity contribution >= 4 is 34.8 Å². The summed E-state index contributed by atoms with van der Waals surface area (Å²) in [6.07, 6.45) is 7.45. The molecule has 0 bridgehead atoms. The maximum atomic E-state index is 12.6. The minimum Gasteiger partial charge on any atom is -0.381 e. The average molecular weight is 415 g/mol. The second kappa shape index (κ2) is 11.1. The van der Waals surface area contributed by atoms with E-state index in [1.807, 2.05) is 24.3 Å². The lowest BCUT2D eigenvalue weighted by molar-refractivity contribution is -0.119. The Labute approximate surface area is 170 Å². The van der Waals surface area contributed by atoms with Crippen molar-refractivity contribution in [3.8, 4) is 0 Å². The molecular weight excluding hydrogens is 384 g/mol. The predicted octanol–water partition coefficient (Wildman–Crippen LogP) is 3.38. The number of halogens is 1. The number of anilines is 1. The van der Waals surface area contributed by atoms with Gasteiger partial charge < -0.3 is 15.8 Å². The van der Waals surface area contributed by atoms with Crippen LogP contribution in [0.3, 0.4) is 0 Å². The Morgan fingerprint density at radius 2 is 1.89 bits per heavy atom. The number of carbonyl (C=O) groups is 1. The normalized spacial score (nSPS) is 21.1. The molecule has 7 heteroatoms. The van der Waals surface area contributed by atoms with Crippen molar-refractivity contribution < 1.29 is 13.7 Å². The molecule has 1 saturated heterocycles. The Bertz CT molecular complexity index is 631. The second-order valence-corrected chi connectivity index (χ2v) is 9.17. The topological polar surface area (TPSA) is 81.4 Å². The first-order valence-electron chi connectivity index (χ1n) is 9.74. The van der Waals surface area contributed by atoms with Crippen LogP contribution in [0.2, 0.25) is 0 Å². The predicted molar refractivity (Wildman–Crippen MR) is 113 cm³/mol. The van der Waals surface area contributed by atoms with Crippen molar-refractivity contribution in [1.82, 2.24) is 0 Å². The van der Waals surface area contributed by atoms with Crippen LogP contribution >= 0.6 is 12.4 Å². The van der Waals surface area contributed by atoms with E-state index in [1.54, 1.807) is 0 Å². The zero-order valence-corrected chi connectivity index (χ0v) is 17.4. The molecule has 1 aliphatic heterocycles. The van der Waals surface area contributed by atoms with Gasteiger partial charge in [0.2, 0.25) is 5.91 Å². The minimum absolute atomic E-state index is 0. The largest absolute Gasteiger partial charge is 0.381 e. The molecule has 1 amide bonds. The molecule has 2 atom stereocenters. The number of benzene rings is 1. The monoisotopic (exact) mass is 414 g/mol. The van der Waals surface area contributed by atoms with Crippen molar-refractivity contribution in [2.75, 3.05) is 18.5 Å². The Morgan fingerprint density at radius 1 is 1.19 bits per heavy atom. The molecule has 2 fully saturated rings. The number of nitrogens with one attached hydrogen (secondary N) is 1. The molecule has 1 heterocycles. The number of amides is 1. The van der Waals surface area contributed by atoms with Crippen molar-refractivity contribution in [2.24, 2.45) is 11.7 Å². The molecule has 3 rings (SSSR count). The van der Waals surface area contributed by atoms with E-state index in [1.165, 1.54) is 19.3 Å². The summed E-state index contributed by atoms with van der Waals surface area (Å²) in [5.41, 5.74) is 7.88. The zero-order chi connectivity index (χ0) is 18.4. The minimum atomic E-state index is -0.842. The van der Waals surface area contributed by atoms with Crippen LogP contribution in [0.4, 0.5) is 5.69 Å². The number of hydrogen-bond donors (Lipinski definition) is 2. The Kier molecular flexibility index (Phi) is 9.22. The standard InChI is InChI=1S/C20H30N2O3S.ClH/c21-19(16-9-11-25-12-10-16)20(23)22-17-6-4-5-15(13-17)14-26(24)18-7-2-1-3-8-18;/h4-6,13,16,18-19H,1-3,7-12,14,21H2,(H,22,23);1H. The smallest absolute Gasteiger partial charge is 0.241 e. The van der Waals surface area contributed by atoms with Gasteiger partial charge in [-0.2, -0.15) is 0 Å². The molecule has 5 nitrogen and oxygen atoms in total. The third-order valence-electron chi connectivity index (χ3n) is 5.50. The summed E-state index contributed by atoms with van der Waals surface area (Å²) in [6, 6.07) is 7.16. The van der Waals surface area contributed by atoms with Crippen molar-refractivity contribution in [3.63, 3.8) is 0 Å². The van der Waals surface area contributed by atoms with E-state index in [4.69, 9.17) is 10.5 Å². The van der Waals surface area contributed by atoms with Gasteiger partial charge in [0.25, 0.3) is 0 Å². The SMILES string of the molecule is Cl.NC(C(=O)Nc1cccc(CS(=O)C2CCCCC2)c1)C1CCOCC1. The summed E-state index contributed by atoms with van der Waals surface area (Å²) in [4.78, 5) is 12.5. The molecule has 3 N–H and O–H groups in total. The highest BCUT2D eigenvalue weighted by Crippen LogP contribution is 2.24. The fourth-order valence-electron chi connectivity index (χ4n) is 3.86. The van der Waals surface area contributed by atoms with Crippen molar-refractivity contribution in [3.05, 3.63) is 29.8 Å². The van der Waals surface area contributed by atoms with Gasteiger partial charge in [0.1, 0.15) is 0 Å². The van der Waals surface area contributed by atoms with Crippen LogP contribution in [0, 0.1) is 5.92 Å². The van der Waals surface area contributed by atoms with E-state index in [2.05, 4.69) is 5.32 Å². The maximum Gasteiger partial charge on any atom is 0.241 e. The number of hydrogen-bond acceptors (Lipinski definition) is 4. The fourth-order valence-corrected chi connectivity index (χ4v) is 5.47. The highest BCUT2D eigenvalue weighted by molar-refractivity contribution is 7.84. The third kappa shape index (κ3) is 6.56. The Hall–Kier alpha value is -0.950. The van der Waals surface area contributed by atoms with Gasteiger partial charge in [0.05, 0.1) is 6.04 Å². The molecule has 2 aliphatic rings. The van der Waals surface area contributed by atoms with Crippen LogP contribution in [0.5, 0.6) is 0 Å².